The van der Waals surface area contributed by atoms with Crippen LogP contribution in [0.3, 0.4) is 0 Å². The Balaban J connectivity index is 1.56. The van der Waals surface area contributed by atoms with Gasteiger partial charge >= 0.3 is 0 Å². The largest absolute Gasteiger partial charge is 0.366 e. The molecule has 1 saturated heterocycles. The summed E-state index contributed by atoms with van der Waals surface area (Å²) in [7, 11) is 0. The number of hydrogen-bond acceptors (Lipinski definition) is 5. The number of H-pyrrole nitrogens is 1. The highest BCUT2D eigenvalue weighted by atomic mass is 19.1. The maximum Gasteiger partial charge on any atom is 0.256 e. The molecule has 2 aromatic heterocycles. The molecular formula is C18H17FN4O3. The van der Waals surface area contributed by atoms with Gasteiger partial charge in [0.15, 0.2) is 0 Å². The van der Waals surface area contributed by atoms with Crippen molar-refractivity contribution in [1.29, 1.82) is 0 Å². The van der Waals surface area contributed by atoms with Crippen LogP contribution in [-0.2, 0) is 4.74 Å². The fourth-order valence-corrected chi connectivity index (χ4v) is 3.02. The molecular weight excluding hydrogens is 339 g/mol. The number of rotatable bonds is 3. The molecule has 1 fully saturated rings. The second-order valence-corrected chi connectivity index (χ2v) is 6.07. The van der Waals surface area contributed by atoms with Gasteiger partial charge in [-0.05, 0) is 17.7 Å². The molecule has 0 aliphatic carbocycles. The molecule has 4 rings (SSSR count). The Morgan fingerprint density at radius 3 is 2.85 bits per heavy atom. The number of halogens is 1. The van der Waals surface area contributed by atoms with Crippen molar-refractivity contribution < 1.29 is 18.4 Å². The third-order valence-corrected chi connectivity index (χ3v) is 4.32. The van der Waals surface area contributed by atoms with Gasteiger partial charge in [-0.1, -0.05) is 17.3 Å². The van der Waals surface area contributed by atoms with Gasteiger partial charge in [0.2, 0.25) is 11.7 Å². The van der Waals surface area contributed by atoms with Crippen LogP contribution in [0.1, 0.15) is 28.2 Å². The summed E-state index contributed by atoms with van der Waals surface area (Å²) < 4.78 is 23.8. The molecule has 1 aromatic carbocycles. The number of aromatic nitrogens is 3. The fraction of sp³-hybridized carbons (Fsp3) is 0.278. The molecule has 0 spiro atoms. The van der Waals surface area contributed by atoms with Crippen molar-refractivity contribution >= 4 is 5.91 Å². The molecule has 3 aromatic rings. The number of aryl methyl sites for hydroxylation is 1. The molecule has 0 saturated carbocycles. The van der Waals surface area contributed by atoms with Crippen LogP contribution in [0.15, 0.2) is 41.2 Å². The molecule has 1 unspecified atom stereocenters. The van der Waals surface area contributed by atoms with Crippen molar-refractivity contribution in [2.45, 2.75) is 13.0 Å². The highest BCUT2D eigenvalue weighted by molar-refractivity contribution is 6.00. The van der Waals surface area contributed by atoms with Gasteiger partial charge in [0.1, 0.15) is 11.9 Å². The fourth-order valence-electron chi connectivity index (χ4n) is 3.02. The van der Waals surface area contributed by atoms with Crippen molar-refractivity contribution in [3.8, 4) is 11.1 Å². The predicted molar refractivity (Wildman–Crippen MR) is 89.8 cm³/mol. The van der Waals surface area contributed by atoms with Crippen LogP contribution in [0.5, 0.6) is 0 Å². The van der Waals surface area contributed by atoms with Crippen molar-refractivity contribution in [3.63, 3.8) is 0 Å². The van der Waals surface area contributed by atoms with Gasteiger partial charge in [-0.15, -0.1) is 0 Å². The smallest absolute Gasteiger partial charge is 0.256 e. The molecule has 134 valence electrons. The standard InChI is InChI=1S/C18H17FN4O3/c1-11-21-17(22-26-11)16-10-23(6-7-25-16)18(24)15-9-20-8-14(15)12-2-4-13(19)5-3-12/h2-5,8-9,16,20H,6-7,10H2,1H3. The minimum atomic E-state index is -0.418. The molecule has 8 heteroatoms. The predicted octanol–water partition coefficient (Wildman–Crippen LogP) is 2.73. The SMILES string of the molecule is Cc1nc(C2CN(C(=O)c3c[nH]cc3-c3ccc(F)cc3)CCO2)no1. The summed E-state index contributed by atoms with van der Waals surface area (Å²) in [5, 5.41) is 3.88. The van der Waals surface area contributed by atoms with Crippen LogP contribution in [0.2, 0.25) is 0 Å². The van der Waals surface area contributed by atoms with Gasteiger partial charge in [0.25, 0.3) is 5.91 Å². The molecule has 0 radical (unpaired) electrons. The van der Waals surface area contributed by atoms with Gasteiger partial charge in [-0.2, -0.15) is 4.98 Å². The third kappa shape index (κ3) is 3.11. The lowest BCUT2D eigenvalue weighted by Gasteiger charge is -2.31. The van der Waals surface area contributed by atoms with Gasteiger partial charge < -0.3 is 19.1 Å². The summed E-state index contributed by atoms with van der Waals surface area (Å²) in [6, 6.07) is 6.05. The van der Waals surface area contributed by atoms with Crippen molar-refractivity contribution in [1.82, 2.24) is 20.0 Å². The number of morpholine rings is 1. The minimum absolute atomic E-state index is 0.126. The lowest BCUT2D eigenvalue weighted by atomic mass is 10.0. The lowest BCUT2D eigenvalue weighted by Crippen LogP contribution is -2.42. The number of carbonyl (C=O) groups is 1. The summed E-state index contributed by atoms with van der Waals surface area (Å²) in [6.07, 6.45) is 2.98. The van der Waals surface area contributed by atoms with E-state index in [4.69, 9.17) is 9.26 Å². The number of hydrogen-bond donors (Lipinski definition) is 1. The molecule has 0 bridgehead atoms. The molecule has 1 aliphatic heterocycles. The van der Waals surface area contributed by atoms with Crippen molar-refractivity contribution in [2.24, 2.45) is 0 Å². The maximum atomic E-state index is 13.2. The van der Waals surface area contributed by atoms with Gasteiger partial charge in [0.05, 0.1) is 18.7 Å². The number of nitrogens with zero attached hydrogens (tertiary/aromatic N) is 3. The number of nitrogens with one attached hydrogen (secondary N) is 1. The van der Waals surface area contributed by atoms with E-state index in [1.54, 1.807) is 36.4 Å². The Hall–Kier alpha value is -3.00. The second kappa shape index (κ2) is 6.72. The normalized spacial score (nSPS) is 17.5. The summed E-state index contributed by atoms with van der Waals surface area (Å²) in [5.74, 6) is 0.451. The molecule has 26 heavy (non-hydrogen) atoms. The highest BCUT2D eigenvalue weighted by Crippen LogP contribution is 2.27. The van der Waals surface area contributed by atoms with E-state index in [2.05, 4.69) is 15.1 Å². The van der Waals surface area contributed by atoms with Crippen molar-refractivity contribution in [3.05, 3.63) is 59.8 Å². The van der Waals surface area contributed by atoms with E-state index < -0.39 is 6.10 Å². The Labute approximate surface area is 148 Å². The number of aromatic amines is 1. The zero-order chi connectivity index (χ0) is 18.1. The summed E-state index contributed by atoms with van der Waals surface area (Å²) in [5.41, 5.74) is 2.03. The molecule has 1 N–H and O–H groups in total. The van der Waals surface area contributed by atoms with E-state index in [-0.39, 0.29) is 11.7 Å². The Kier molecular flexibility index (Phi) is 4.26. The summed E-state index contributed by atoms with van der Waals surface area (Å²) >= 11 is 0. The number of benzene rings is 1. The van der Waals surface area contributed by atoms with E-state index in [1.807, 2.05) is 0 Å². The van der Waals surface area contributed by atoms with E-state index >= 15 is 0 Å². The summed E-state index contributed by atoms with van der Waals surface area (Å²) in [4.78, 5) is 21.9. The van der Waals surface area contributed by atoms with E-state index in [0.717, 1.165) is 11.1 Å². The maximum absolute atomic E-state index is 13.2. The highest BCUT2D eigenvalue weighted by Gasteiger charge is 2.30. The Bertz CT molecular complexity index is 919. The quantitative estimate of drug-likeness (QED) is 0.780. The first-order valence-corrected chi connectivity index (χ1v) is 8.25. The molecule has 1 atom stereocenters. The molecule has 7 nitrogen and oxygen atoms in total. The van der Waals surface area contributed by atoms with Crippen LogP contribution < -0.4 is 0 Å². The van der Waals surface area contributed by atoms with Crippen LogP contribution in [0, 0.1) is 12.7 Å². The first kappa shape index (κ1) is 16.5. The van der Waals surface area contributed by atoms with E-state index in [1.165, 1.54) is 12.1 Å². The Morgan fingerprint density at radius 1 is 1.31 bits per heavy atom. The lowest BCUT2D eigenvalue weighted by molar-refractivity contribution is -0.0276. The number of amides is 1. The zero-order valence-electron chi connectivity index (χ0n) is 14.1. The minimum Gasteiger partial charge on any atom is -0.366 e. The van der Waals surface area contributed by atoms with Crippen LogP contribution >= 0.6 is 0 Å². The van der Waals surface area contributed by atoms with E-state index in [0.29, 0.717) is 37.0 Å². The van der Waals surface area contributed by atoms with Crippen molar-refractivity contribution in [2.75, 3.05) is 19.7 Å². The molecule has 1 amide bonds. The third-order valence-electron chi connectivity index (χ3n) is 4.32. The van der Waals surface area contributed by atoms with Crippen LogP contribution in [0.25, 0.3) is 11.1 Å². The number of ether oxygens (including phenoxy) is 1. The van der Waals surface area contributed by atoms with Gasteiger partial charge in [-0.3, -0.25) is 4.79 Å². The number of carbonyl (C=O) groups excluding carboxylic acids is 1. The first-order chi connectivity index (χ1) is 12.6. The molecule has 3 heterocycles. The van der Waals surface area contributed by atoms with Gasteiger partial charge in [-0.25, -0.2) is 4.39 Å². The molecule has 1 aliphatic rings. The average Bonchev–Trinajstić information content (AvgIpc) is 3.31. The van der Waals surface area contributed by atoms with Gasteiger partial charge in [0, 0.05) is 31.4 Å². The average molecular weight is 356 g/mol. The van der Waals surface area contributed by atoms with Crippen LogP contribution in [-0.4, -0.2) is 45.6 Å². The monoisotopic (exact) mass is 356 g/mol. The first-order valence-electron chi connectivity index (χ1n) is 8.25. The van der Waals surface area contributed by atoms with E-state index in [9.17, 15) is 9.18 Å². The summed E-state index contributed by atoms with van der Waals surface area (Å²) in [6.45, 7) is 2.91. The Morgan fingerprint density at radius 2 is 2.12 bits per heavy atom. The topological polar surface area (TPSA) is 84.2 Å². The second-order valence-electron chi connectivity index (χ2n) is 6.07. The zero-order valence-corrected chi connectivity index (χ0v) is 14.1. The van der Waals surface area contributed by atoms with Crippen LogP contribution in [0.4, 0.5) is 4.39 Å².